The van der Waals surface area contributed by atoms with Crippen LogP contribution in [0.1, 0.15) is 0 Å². The van der Waals surface area contributed by atoms with Crippen LogP contribution < -0.4 is 37.7 Å². The first-order valence-corrected chi connectivity index (χ1v) is 0. The fraction of sp³-hybridized carbons (Fsp3) is 0. The Morgan fingerprint density at radius 2 is 0.267 bits per heavy atom. The fourth-order valence-electron chi connectivity index (χ4n) is 0. The Hall–Kier alpha value is 3.20. The molecule has 0 spiro atoms. The molecule has 15 heavy (non-hydrogen) atoms. The van der Waals surface area contributed by atoms with Crippen LogP contribution in [-0.2, 0) is 124 Å². The van der Waals surface area contributed by atoms with Gasteiger partial charge in [0, 0.05) is 42.1 Å². The Morgan fingerprint density at radius 3 is 0.267 bits per heavy atom. The molecule has 100 valence electrons. The van der Waals surface area contributed by atoms with E-state index in [1.165, 1.54) is 0 Å². The molecule has 0 saturated carbocycles. The summed E-state index contributed by atoms with van der Waals surface area (Å²) in [4.78, 5) is 0. The summed E-state index contributed by atoms with van der Waals surface area (Å²) in [7, 11) is 0. The second kappa shape index (κ2) is 441. The summed E-state index contributed by atoms with van der Waals surface area (Å²) in [6.07, 6.45) is 0. The van der Waals surface area contributed by atoms with Crippen molar-refractivity contribution >= 4 is 0 Å². The van der Waals surface area contributed by atoms with Crippen molar-refractivity contribution in [2.45, 2.75) is 0 Å². The molecule has 0 aromatic carbocycles. The predicted octanol–water partition coefficient (Wildman–Crippen LogP) is -7.07. The molecular formula is Li2Ni2O9W2-12. The van der Waals surface area contributed by atoms with Crippen molar-refractivity contribution < 1.29 is 162 Å². The molecule has 0 atom stereocenters. The summed E-state index contributed by atoms with van der Waals surface area (Å²) >= 11 is 0. The maximum atomic E-state index is 0. The summed E-state index contributed by atoms with van der Waals surface area (Å²) in [6.45, 7) is 0. The molecule has 0 unspecified atom stereocenters. The van der Waals surface area contributed by atoms with E-state index in [1.54, 1.807) is 0 Å². The summed E-state index contributed by atoms with van der Waals surface area (Å²) in [6, 6.07) is 0. The largest absolute Gasteiger partial charge is 2.00 e. The molecule has 0 aliphatic carbocycles. The van der Waals surface area contributed by atoms with Crippen LogP contribution in [0.2, 0.25) is 0 Å². The van der Waals surface area contributed by atoms with E-state index in [2.05, 4.69) is 0 Å². The molecule has 0 radical (unpaired) electrons. The molecule has 9 nitrogen and oxygen atoms in total. The van der Waals surface area contributed by atoms with E-state index >= 15 is 0 Å². The topological polar surface area (TPSA) is 256 Å². The molecule has 0 rings (SSSR count). The van der Waals surface area contributed by atoms with Gasteiger partial charge in [0.15, 0.2) is 0 Å². The Kier molecular flexibility index (Phi) is 15500. The third-order valence-electron chi connectivity index (χ3n) is 0. The third-order valence-corrected chi connectivity index (χ3v) is 0. The molecule has 0 aliphatic rings. The molecule has 0 N–H and O–H groups in total. The molecular weight excluding hydrogens is 643 g/mol. The van der Waals surface area contributed by atoms with Crippen LogP contribution >= 0.6 is 0 Å². The molecule has 15 heteroatoms. The van der Waals surface area contributed by atoms with Crippen LogP contribution in [0.5, 0.6) is 0 Å². The average molecular weight is 643 g/mol. The van der Waals surface area contributed by atoms with Crippen molar-refractivity contribution in [2.75, 3.05) is 0 Å². The van der Waals surface area contributed by atoms with E-state index in [4.69, 9.17) is 0 Å². The molecule has 0 aliphatic heterocycles. The van der Waals surface area contributed by atoms with Crippen molar-refractivity contribution in [3.05, 3.63) is 0 Å². The maximum Gasteiger partial charge on any atom is 2.00 e. The van der Waals surface area contributed by atoms with Gasteiger partial charge in [0.25, 0.3) is 0 Å². The Bertz CT molecular complexity index is 24.1. The van der Waals surface area contributed by atoms with Gasteiger partial charge in [-0.1, -0.05) is 0 Å². The van der Waals surface area contributed by atoms with E-state index in [0.717, 1.165) is 0 Å². The number of rotatable bonds is 0. The summed E-state index contributed by atoms with van der Waals surface area (Å²) in [5.74, 6) is 0. The molecule has 0 amide bonds. The van der Waals surface area contributed by atoms with Crippen LogP contribution in [0, 0.1) is 0 Å². The molecule has 0 fully saturated rings. The fourth-order valence-corrected chi connectivity index (χ4v) is 0. The predicted molar refractivity (Wildman–Crippen MR) is 6.18 cm³/mol. The smallest absolute Gasteiger partial charge is 2.00 e. The molecule has 0 heterocycles. The van der Waals surface area contributed by atoms with Crippen LogP contribution in [0.3, 0.4) is 0 Å². The van der Waals surface area contributed by atoms with Gasteiger partial charge in [0.1, 0.15) is 0 Å². The van der Waals surface area contributed by atoms with Crippen LogP contribution in [-0.4, -0.2) is 0 Å². The van der Waals surface area contributed by atoms with Crippen molar-refractivity contribution in [2.24, 2.45) is 0 Å². The summed E-state index contributed by atoms with van der Waals surface area (Å²) in [5, 5.41) is 0. The van der Waals surface area contributed by atoms with Crippen molar-refractivity contribution in [1.82, 2.24) is 0 Å². The van der Waals surface area contributed by atoms with E-state index in [9.17, 15) is 0 Å². The van der Waals surface area contributed by atoms with E-state index in [0.29, 0.717) is 0 Å². The monoisotopic (exact) mass is 642 g/mol. The Labute approximate surface area is 160 Å². The minimum atomic E-state index is 0. The first kappa shape index (κ1) is 526. The van der Waals surface area contributed by atoms with Gasteiger partial charge in [-0.05, 0) is 0 Å². The van der Waals surface area contributed by atoms with Crippen molar-refractivity contribution in [1.29, 1.82) is 0 Å². The molecule has 0 saturated heterocycles. The number of hydrogen-bond donors (Lipinski definition) is 0. The van der Waals surface area contributed by atoms with Gasteiger partial charge < -0.3 is 49.3 Å². The minimum Gasteiger partial charge on any atom is -2.00 e. The second-order valence-electron chi connectivity index (χ2n) is 0. The zero-order valence-electron chi connectivity index (χ0n) is 7.12. The quantitative estimate of drug-likeness (QED) is 0.223. The third kappa shape index (κ3) is 388. The maximum absolute atomic E-state index is 0. The number of hydrogen-bond acceptors (Lipinski definition) is 0. The van der Waals surface area contributed by atoms with E-state index < -0.39 is 0 Å². The van der Waals surface area contributed by atoms with E-state index in [1.807, 2.05) is 0 Å². The van der Waals surface area contributed by atoms with Gasteiger partial charge in [0.2, 0.25) is 0 Å². The van der Waals surface area contributed by atoms with Crippen LogP contribution in [0.25, 0.3) is 0 Å². The zero-order valence-corrected chi connectivity index (χ0v) is 15.0. The van der Waals surface area contributed by atoms with E-state index in [-0.39, 0.29) is 162 Å². The molecule has 0 aromatic heterocycles. The summed E-state index contributed by atoms with van der Waals surface area (Å²) in [5.41, 5.74) is 0. The van der Waals surface area contributed by atoms with Gasteiger partial charge in [-0.2, -0.15) is 0 Å². The average Bonchev–Trinajstić information content (AvgIpc) is 0. The van der Waals surface area contributed by atoms with Gasteiger partial charge in [-0.25, -0.2) is 0 Å². The SMILES string of the molecule is [Li+].[Li+].[Ni+2].[Ni+2].[O-2].[O-2].[O-2].[O-2].[O-2].[O-2].[O-2].[O-2].[O-2].[W].[W]. The zero-order chi connectivity index (χ0) is 0. The Balaban J connectivity index is 0. The summed E-state index contributed by atoms with van der Waals surface area (Å²) < 4.78 is 0. The van der Waals surface area contributed by atoms with Crippen molar-refractivity contribution in [3.8, 4) is 0 Å². The minimum absolute atomic E-state index is 0. The van der Waals surface area contributed by atoms with Gasteiger partial charge in [-0.15, -0.1) is 0 Å². The van der Waals surface area contributed by atoms with Crippen molar-refractivity contribution in [3.63, 3.8) is 0 Å². The van der Waals surface area contributed by atoms with Gasteiger partial charge in [-0.3, -0.25) is 0 Å². The van der Waals surface area contributed by atoms with Crippen LogP contribution in [0.4, 0.5) is 0 Å². The first-order chi connectivity index (χ1) is 0. The first-order valence-electron chi connectivity index (χ1n) is 0. The molecule has 0 bridgehead atoms. The molecule has 0 aromatic rings. The standard InChI is InChI=1S/2Li.2Ni.9O.2W/q2*+1;2*+2;9*-2;;. The normalized spacial score (nSPS) is 0. The van der Waals surface area contributed by atoms with Gasteiger partial charge in [0.05, 0.1) is 0 Å². The van der Waals surface area contributed by atoms with Crippen LogP contribution in [0.15, 0.2) is 0 Å². The Morgan fingerprint density at radius 1 is 0.267 bits per heavy atom. The van der Waals surface area contributed by atoms with Gasteiger partial charge >= 0.3 is 70.7 Å². The second-order valence-corrected chi connectivity index (χ2v) is 0.